The van der Waals surface area contributed by atoms with Crippen LogP contribution in [0.4, 0.5) is 0 Å². The first-order valence-corrected chi connectivity index (χ1v) is 4.06. The maximum Gasteiger partial charge on any atom is 0.148 e. The molecule has 0 aromatic carbocycles. The van der Waals surface area contributed by atoms with Crippen LogP contribution in [0.25, 0.3) is 0 Å². The first-order chi connectivity index (χ1) is 5.66. The van der Waals surface area contributed by atoms with E-state index in [1.165, 1.54) is 0 Å². The Morgan fingerprint density at radius 3 is 2.08 bits per heavy atom. The van der Waals surface area contributed by atoms with Crippen molar-refractivity contribution in [3.05, 3.63) is 0 Å². The summed E-state index contributed by atoms with van der Waals surface area (Å²) in [6.07, 6.45) is 0.685. The highest BCUT2D eigenvalue weighted by atomic mass is 16.3. The lowest BCUT2D eigenvalue weighted by atomic mass is 9.95. The molecule has 0 aromatic heterocycles. The van der Waals surface area contributed by atoms with E-state index in [2.05, 4.69) is 0 Å². The summed E-state index contributed by atoms with van der Waals surface area (Å²) in [6.45, 7) is 0.600. The van der Waals surface area contributed by atoms with Crippen LogP contribution >= 0.6 is 0 Å². The molecule has 0 aromatic rings. The van der Waals surface area contributed by atoms with Crippen LogP contribution < -0.4 is 0 Å². The SMILES string of the molecule is O=C1CN2CC(=O)CC2(CO)C1. The fraction of sp³-hybridized carbons (Fsp3) is 0.750. The number of carbonyl (C=O) groups excluding carboxylic acids is 2. The fourth-order valence-corrected chi connectivity index (χ4v) is 2.16. The number of rotatable bonds is 1. The van der Waals surface area contributed by atoms with Gasteiger partial charge in [-0.3, -0.25) is 14.5 Å². The average molecular weight is 169 g/mol. The van der Waals surface area contributed by atoms with Crippen LogP contribution in [-0.4, -0.2) is 46.8 Å². The molecule has 2 rings (SSSR count). The number of aliphatic hydroxyl groups is 1. The first-order valence-electron chi connectivity index (χ1n) is 4.06. The Kier molecular flexibility index (Phi) is 1.56. The minimum atomic E-state index is -0.520. The van der Waals surface area contributed by atoms with E-state index in [9.17, 15) is 9.59 Å². The smallest absolute Gasteiger partial charge is 0.148 e. The summed E-state index contributed by atoms with van der Waals surface area (Å²) in [7, 11) is 0. The monoisotopic (exact) mass is 169 g/mol. The molecule has 0 aliphatic carbocycles. The van der Waals surface area contributed by atoms with Crippen molar-refractivity contribution in [2.24, 2.45) is 0 Å². The molecule has 0 amide bonds. The Balaban J connectivity index is 2.26. The van der Waals surface area contributed by atoms with E-state index >= 15 is 0 Å². The lowest BCUT2D eigenvalue weighted by molar-refractivity contribution is -0.119. The van der Waals surface area contributed by atoms with Crippen molar-refractivity contribution in [3.63, 3.8) is 0 Å². The van der Waals surface area contributed by atoms with Gasteiger partial charge in [0.05, 0.1) is 25.2 Å². The van der Waals surface area contributed by atoms with Gasteiger partial charge in [-0.05, 0) is 0 Å². The Morgan fingerprint density at radius 1 is 1.25 bits per heavy atom. The third-order valence-electron chi connectivity index (χ3n) is 2.75. The summed E-state index contributed by atoms with van der Waals surface area (Å²) in [5, 5.41) is 9.12. The predicted octanol–water partition coefficient (Wildman–Crippen LogP) is -1.03. The summed E-state index contributed by atoms with van der Waals surface area (Å²) in [5.74, 6) is 0.271. The Bertz CT molecular complexity index is 229. The van der Waals surface area contributed by atoms with E-state index in [4.69, 9.17) is 5.11 Å². The summed E-state index contributed by atoms with van der Waals surface area (Å²) >= 11 is 0. The fourth-order valence-electron chi connectivity index (χ4n) is 2.16. The van der Waals surface area contributed by atoms with Crippen molar-refractivity contribution < 1.29 is 14.7 Å². The number of aliphatic hydroxyl groups excluding tert-OH is 1. The van der Waals surface area contributed by atoms with Crippen molar-refractivity contribution in [1.82, 2.24) is 4.90 Å². The number of carbonyl (C=O) groups is 2. The van der Waals surface area contributed by atoms with Crippen LogP contribution in [0.5, 0.6) is 0 Å². The third-order valence-corrected chi connectivity index (χ3v) is 2.75. The van der Waals surface area contributed by atoms with Crippen molar-refractivity contribution in [2.75, 3.05) is 19.7 Å². The molecule has 0 atom stereocenters. The van der Waals surface area contributed by atoms with E-state index in [-0.39, 0.29) is 18.2 Å². The molecule has 0 unspecified atom stereocenters. The van der Waals surface area contributed by atoms with Gasteiger partial charge in [-0.2, -0.15) is 0 Å². The topological polar surface area (TPSA) is 57.6 Å². The van der Waals surface area contributed by atoms with Crippen molar-refractivity contribution in [3.8, 4) is 0 Å². The van der Waals surface area contributed by atoms with Crippen molar-refractivity contribution in [2.45, 2.75) is 18.4 Å². The second-order valence-corrected chi connectivity index (χ2v) is 3.67. The molecule has 4 nitrogen and oxygen atoms in total. The zero-order valence-corrected chi connectivity index (χ0v) is 6.75. The third kappa shape index (κ3) is 0.916. The molecule has 0 radical (unpaired) electrons. The summed E-state index contributed by atoms with van der Waals surface area (Å²) < 4.78 is 0. The molecule has 2 fully saturated rings. The number of nitrogens with zero attached hydrogens (tertiary/aromatic N) is 1. The molecule has 0 bridgehead atoms. The van der Waals surface area contributed by atoms with Gasteiger partial charge < -0.3 is 5.11 Å². The van der Waals surface area contributed by atoms with E-state index in [1.54, 1.807) is 4.90 Å². The van der Waals surface area contributed by atoms with Gasteiger partial charge in [-0.25, -0.2) is 0 Å². The molecule has 4 heteroatoms. The van der Waals surface area contributed by atoms with Crippen LogP contribution in [0.15, 0.2) is 0 Å². The van der Waals surface area contributed by atoms with Crippen LogP contribution in [0.1, 0.15) is 12.8 Å². The highest BCUT2D eigenvalue weighted by Crippen LogP contribution is 2.34. The standard InChI is InChI=1S/C8H11NO3/c10-5-8-1-6(11)3-9(8)4-7(12)2-8/h10H,1-5H2. The zero-order valence-electron chi connectivity index (χ0n) is 6.75. The molecule has 2 saturated heterocycles. The average Bonchev–Trinajstić information content (AvgIpc) is 2.40. The van der Waals surface area contributed by atoms with Gasteiger partial charge in [-0.15, -0.1) is 0 Å². The highest BCUT2D eigenvalue weighted by molar-refractivity contribution is 5.92. The minimum Gasteiger partial charge on any atom is -0.394 e. The van der Waals surface area contributed by atoms with E-state index in [1.807, 2.05) is 0 Å². The second-order valence-electron chi connectivity index (χ2n) is 3.67. The normalized spacial score (nSPS) is 28.1. The summed E-state index contributed by atoms with van der Waals surface area (Å²) in [6, 6.07) is 0. The van der Waals surface area contributed by atoms with Crippen LogP contribution in [0.2, 0.25) is 0 Å². The van der Waals surface area contributed by atoms with Gasteiger partial charge in [0.1, 0.15) is 11.6 Å². The van der Waals surface area contributed by atoms with Gasteiger partial charge in [-0.1, -0.05) is 0 Å². The molecule has 2 aliphatic rings. The Morgan fingerprint density at radius 2 is 1.75 bits per heavy atom. The maximum absolute atomic E-state index is 11.1. The van der Waals surface area contributed by atoms with Gasteiger partial charge in [0.2, 0.25) is 0 Å². The number of fused-ring (bicyclic) bond motifs is 1. The molecular formula is C8H11NO3. The molecule has 2 aliphatic heterocycles. The molecule has 0 saturated carbocycles. The van der Waals surface area contributed by atoms with Gasteiger partial charge in [0.25, 0.3) is 0 Å². The lowest BCUT2D eigenvalue weighted by Gasteiger charge is -2.26. The van der Waals surface area contributed by atoms with Crippen LogP contribution in [0, 0.1) is 0 Å². The highest BCUT2D eigenvalue weighted by Gasteiger charge is 2.50. The number of ketones is 2. The summed E-state index contributed by atoms with van der Waals surface area (Å²) in [5.41, 5.74) is -0.520. The molecule has 1 N–H and O–H groups in total. The van der Waals surface area contributed by atoms with E-state index < -0.39 is 5.54 Å². The molecule has 66 valence electrons. The lowest BCUT2D eigenvalue weighted by Crippen LogP contribution is -2.41. The van der Waals surface area contributed by atoms with Gasteiger partial charge >= 0.3 is 0 Å². The second kappa shape index (κ2) is 2.37. The molecule has 0 spiro atoms. The number of hydrogen-bond donors (Lipinski definition) is 1. The predicted molar refractivity (Wildman–Crippen MR) is 40.6 cm³/mol. The Labute approximate surface area is 70.2 Å². The summed E-state index contributed by atoms with van der Waals surface area (Å²) in [4.78, 5) is 23.9. The maximum atomic E-state index is 11.1. The number of hydrogen-bond acceptors (Lipinski definition) is 4. The van der Waals surface area contributed by atoms with Crippen LogP contribution in [0.3, 0.4) is 0 Å². The first kappa shape index (κ1) is 7.89. The van der Waals surface area contributed by atoms with Gasteiger partial charge in [0, 0.05) is 12.8 Å². The van der Waals surface area contributed by atoms with E-state index in [0.717, 1.165) is 0 Å². The zero-order chi connectivity index (χ0) is 8.77. The van der Waals surface area contributed by atoms with Crippen LogP contribution in [-0.2, 0) is 9.59 Å². The van der Waals surface area contributed by atoms with Gasteiger partial charge in [0.15, 0.2) is 0 Å². The van der Waals surface area contributed by atoms with Crippen molar-refractivity contribution >= 4 is 11.6 Å². The molecule has 12 heavy (non-hydrogen) atoms. The van der Waals surface area contributed by atoms with Crippen molar-refractivity contribution in [1.29, 1.82) is 0 Å². The quantitative estimate of drug-likeness (QED) is 0.545. The molecular weight excluding hydrogens is 158 g/mol. The van der Waals surface area contributed by atoms with E-state index in [0.29, 0.717) is 25.9 Å². The largest absolute Gasteiger partial charge is 0.394 e. The number of Topliss-reactive ketones (excluding diaryl/α,β-unsaturated/α-hetero) is 2. The Hall–Kier alpha value is -0.740. The minimum absolute atomic E-state index is 0.0789. The molecule has 2 heterocycles.